The van der Waals surface area contributed by atoms with Crippen molar-refractivity contribution in [2.45, 2.75) is 25.7 Å². The van der Waals surface area contributed by atoms with Crippen molar-refractivity contribution < 1.29 is 9.53 Å². The normalized spacial score (nSPS) is 13.1. The molecule has 9 heteroatoms. The number of benzene rings is 1. The second-order valence-corrected chi connectivity index (χ2v) is 8.38. The number of anilines is 1. The standard InChI is InChI=1S/C26H21N7O2/c1-16-24-20(26(34)30-18-5-4-6-19(13-18)35-23-15-27-11-12-29-23)14-21(17-8-9-17)31-25(24)33(32-16)22-7-2-3-10-28-22/h2-7,10-15,17H,8-9H2,1H3,(H,30,34). The van der Waals surface area contributed by atoms with Gasteiger partial charge in [-0.2, -0.15) is 9.78 Å². The van der Waals surface area contributed by atoms with Gasteiger partial charge in [0.1, 0.15) is 5.75 Å². The number of amides is 1. The lowest BCUT2D eigenvalue weighted by Gasteiger charge is -2.11. The molecule has 1 fully saturated rings. The van der Waals surface area contributed by atoms with Gasteiger partial charge in [0, 0.05) is 42.0 Å². The predicted octanol–water partition coefficient (Wildman–Crippen LogP) is 4.84. The van der Waals surface area contributed by atoms with Crippen molar-refractivity contribution in [3.63, 3.8) is 0 Å². The molecule has 9 nitrogen and oxygen atoms in total. The summed E-state index contributed by atoms with van der Waals surface area (Å²) in [6.07, 6.45) is 8.51. The molecule has 1 aromatic carbocycles. The molecule has 1 N–H and O–H groups in total. The van der Waals surface area contributed by atoms with E-state index in [0.29, 0.717) is 51.3 Å². The third kappa shape index (κ3) is 4.19. The average Bonchev–Trinajstić information content (AvgIpc) is 3.68. The maximum Gasteiger partial charge on any atom is 0.256 e. The summed E-state index contributed by atoms with van der Waals surface area (Å²) in [6, 6.07) is 14.7. The van der Waals surface area contributed by atoms with E-state index in [2.05, 4.69) is 25.4 Å². The van der Waals surface area contributed by atoms with E-state index in [0.717, 1.165) is 18.5 Å². The first-order chi connectivity index (χ1) is 17.2. The Hall–Kier alpha value is -4.66. The van der Waals surface area contributed by atoms with Crippen molar-refractivity contribution >= 4 is 22.6 Å². The molecular formula is C26H21N7O2. The summed E-state index contributed by atoms with van der Waals surface area (Å²) in [5.74, 6) is 1.70. The van der Waals surface area contributed by atoms with Crippen LogP contribution in [0.1, 0.15) is 40.5 Å². The lowest BCUT2D eigenvalue weighted by molar-refractivity contribution is 0.102. The van der Waals surface area contributed by atoms with Crippen molar-refractivity contribution in [1.82, 2.24) is 29.7 Å². The molecule has 5 aromatic rings. The van der Waals surface area contributed by atoms with Gasteiger partial charge in [-0.1, -0.05) is 12.1 Å². The highest BCUT2D eigenvalue weighted by Crippen LogP contribution is 2.40. The van der Waals surface area contributed by atoms with Crippen molar-refractivity contribution in [2.75, 3.05) is 5.32 Å². The molecule has 172 valence electrons. The van der Waals surface area contributed by atoms with Crippen LogP contribution < -0.4 is 10.1 Å². The van der Waals surface area contributed by atoms with E-state index < -0.39 is 0 Å². The number of nitrogens with zero attached hydrogens (tertiary/aromatic N) is 6. The summed E-state index contributed by atoms with van der Waals surface area (Å²) in [5.41, 5.74) is 3.39. The van der Waals surface area contributed by atoms with Crippen LogP contribution in [0.3, 0.4) is 0 Å². The number of hydrogen-bond acceptors (Lipinski definition) is 7. The maximum absolute atomic E-state index is 13.5. The summed E-state index contributed by atoms with van der Waals surface area (Å²) in [4.78, 5) is 31.0. The highest BCUT2D eigenvalue weighted by molar-refractivity contribution is 6.13. The second-order valence-electron chi connectivity index (χ2n) is 8.38. The first kappa shape index (κ1) is 20.9. The lowest BCUT2D eigenvalue weighted by Crippen LogP contribution is -2.14. The van der Waals surface area contributed by atoms with E-state index >= 15 is 0 Å². The minimum absolute atomic E-state index is 0.236. The number of rotatable bonds is 6. The quantitative estimate of drug-likeness (QED) is 0.384. The molecule has 1 aliphatic carbocycles. The minimum atomic E-state index is -0.236. The Labute approximate surface area is 200 Å². The molecule has 4 aromatic heterocycles. The number of fused-ring (bicyclic) bond motifs is 1. The molecule has 6 rings (SSSR count). The Morgan fingerprint density at radius 2 is 1.97 bits per heavy atom. The first-order valence-corrected chi connectivity index (χ1v) is 11.3. The number of aryl methyl sites for hydroxylation is 1. The van der Waals surface area contributed by atoms with E-state index in [1.54, 1.807) is 35.4 Å². The fraction of sp³-hybridized carbons (Fsp3) is 0.154. The van der Waals surface area contributed by atoms with Gasteiger partial charge in [0.2, 0.25) is 5.88 Å². The van der Waals surface area contributed by atoms with Crippen molar-refractivity contribution in [3.05, 3.63) is 90.3 Å². The van der Waals surface area contributed by atoms with Crippen LogP contribution in [0.4, 0.5) is 5.69 Å². The molecule has 1 amide bonds. The van der Waals surface area contributed by atoms with Gasteiger partial charge in [-0.3, -0.25) is 9.78 Å². The van der Waals surface area contributed by atoms with Gasteiger partial charge >= 0.3 is 0 Å². The second kappa shape index (κ2) is 8.60. The van der Waals surface area contributed by atoms with Gasteiger partial charge in [0.05, 0.1) is 22.8 Å². The van der Waals surface area contributed by atoms with Gasteiger partial charge < -0.3 is 10.1 Å². The third-order valence-corrected chi connectivity index (χ3v) is 5.79. The van der Waals surface area contributed by atoms with Gasteiger partial charge in [-0.05, 0) is 50.1 Å². The molecule has 35 heavy (non-hydrogen) atoms. The topological polar surface area (TPSA) is 108 Å². The Kier molecular flexibility index (Phi) is 5.14. The molecule has 0 spiro atoms. The molecule has 0 bridgehead atoms. The molecule has 1 saturated carbocycles. The zero-order chi connectivity index (χ0) is 23.8. The summed E-state index contributed by atoms with van der Waals surface area (Å²) in [6.45, 7) is 1.88. The van der Waals surface area contributed by atoms with Crippen LogP contribution in [0.2, 0.25) is 0 Å². The molecule has 0 unspecified atom stereocenters. The van der Waals surface area contributed by atoms with Crippen LogP contribution in [0.5, 0.6) is 11.6 Å². The zero-order valence-corrected chi connectivity index (χ0v) is 18.9. The van der Waals surface area contributed by atoms with Crippen molar-refractivity contribution in [3.8, 4) is 17.4 Å². The molecule has 0 saturated heterocycles. The van der Waals surface area contributed by atoms with Gasteiger partial charge in [-0.15, -0.1) is 0 Å². The lowest BCUT2D eigenvalue weighted by atomic mass is 10.1. The first-order valence-electron chi connectivity index (χ1n) is 11.3. The number of nitrogens with one attached hydrogen (secondary N) is 1. The monoisotopic (exact) mass is 463 g/mol. The predicted molar refractivity (Wildman–Crippen MR) is 130 cm³/mol. The van der Waals surface area contributed by atoms with Gasteiger partial charge in [0.25, 0.3) is 5.91 Å². The van der Waals surface area contributed by atoms with E-state index in [4.69, 9.17) is 9.72 Å². The molecule has 0 atom stereocenters. The molecule has 4 heterocycles. The largest absolute Gasteiger partial charge is 0.437 e. The van der Waals surface area contributed by atoms with Crippen LogP contribution in [0.15, 0.2) is 73.3 Å². The van der Waals surface area contributed by atoms with Crippen LogP contribution in [0.25, 0.3) is 16.9 Å². The minimum Gasteiger partial charge on any atom is -0.437 e. The van der Waals surface area contributed by atoms with Gasteiger partial charge in [0.15, 0.2) is 11.5 Å². The summed E-state index contributed by atoms with van der Waals surface area (Å²) >= 11 is 0. The van der Waals surface area contributed by atoms with Crippen LogP contribution in [-0.2, 0) is 0 Å². The number of pyridine rings is 2. The number of ether oxygens (including phenoxy) is 1. The Balaban J connectivity index is 1.37. The zero-order valence-electron chi connectivity index (χ0n) is 18.9. The van der Waals surface area contributed by atoms with E-state index in [9.17, 15) is 4.79 Å². The van der Waals surface area contributed by atoms with Gasteiger partial charge in [-0.25, -0.2) is 15.0 Å². The number of hydrogen-bond donors (Lipinski definition) is 1. The SMILES string of the molecule is Cc1nn(-c2ccccn2)c2nc(C3CC3)cc(C(=O)Nc3cccc(Oc4cnccn4)c3)c12. The van der Waals surface area contributed by atoms with Crippen molar-refractivity contribution in [1.29, 1.82) is 0 Å². The van der Waals surface area contributed by atoms with E-state index in [1.165, 1.54) is 6.20 Å². The van der Waals surface area contributed by atoms with E-state index in [-0.39, 0.29) is 5.91 Å². The Bertz CT molecular complexity index is 1530. The smallest absolute Gasteiger partial charge is 0.256 e. The van der Waals surface area contributed by atoms with Crippen LogP contribution >= 0.6 is 0 Å². The molecule has 0 aliphatic heterocycles. The molecule has 0 radical (unpaired) electrons. The highest BCUT2D eigenvalue weighted by Gasteiger charge is 2.29. The summed E-state index contributed by atoms with van der Waals surface area (Å²) < 4.78 is 7.46. The molecular weight excluding hydrogens is 442 g/mol. The van der Waals surface area contributed by atoms with E-state index in [1.807, 2.05) is 43.3 Å². The number of carbonyl (C=O) groups is 1. The third-order valence-electron chi connectivity index (χ3n) is 5.79. The number of aromatic nitrogens is 6. The van der Waals surface area contributed by atoms with Crippen LogP contribution in [0, 0.1) is 6.92 Å². The maximum atomic E-state index is 13.5. The fourth-order valence-corrected chi connectivity index (χ4v) is 4.01. The highest BCUT2D eigenvalue weighted by atomic mass is 16.5. The summed E-state index contributed by atoms with van der Waals surface area (Å²) in [5, 5.41) is 8.39. The number of carbonyl (C=O) groups excluding carboxylic acids is 1. The van der Waals surface area contributed by atoms with Crippen LogP contribution in [-0.4, -0.2) is 35.6 Å². The Morgan fingerprint density at radius 1 is 1.06 bits per heavy atom. The average molecular weight is 464 g/mol. The van der Waals surface area contributed by atoms with Crippen molar-refractivity contribution in [2.24, 2.45) is 0 Å². The molecule has 1 aliphatic rings. The summed E-state index contributed by atoms with van der Waals surface area (Å²) in [7, 11) is 0. The fourth-order valence-electron chi connectivity index (χ4n) is 4.01. The Morgan fingerprint density at radius 3 is 2.74 bits per heavy atom.